The summed E-state index contributed by atoms with van der Waals surface area (Å²) in [5.74, 6) is -0.208. The third-order valence-corrected chi connectivity index (χ3v) is 5.63. The molecule has 4 rings (SSSR count). The summed E-state index contributed by atoms with van der Waals surface area (Å²) < 4.78 is 13.9. The molecule has 0 atom stereocenters. The molecule has 1 aliphatic rings. The minimum absolute atomic E-state index is 0.0426. The van der Waals surface area contributed by atoms with Crippen LogP contribution >= 0.6 is 22.9 Å². The Bertz CT molecular complexity index is 1090. The smallest absolute Gasteiger partial charge is 0.139 e. The predicted octanol–water partition coefficient (Wildman–Crippen LogP) is 5.68. The Kier molecular flexibility index (Phi) is 4.45. The molecule has 0 bridgehead atoms. The molecule has 2 heterocycles. The van der Waals surface area contributed by atoms with Crippen molar-refractivity contribution in [2.45, 2.75) is 6.92 Å². The molecule has 27 heavy (non-hydrogen) atoms. The van der Waals surface area contributed by atoms with Crippen molar-refractivity contribution in [3.63, 3.8) is 0 Å². The van der Waals surface area contributed by atoms with Gasteiger partial charge < -0.3 is 10.0 Å². The number of thiazole rings is 1. The number of hydrogen-bond donors (Lipinski definition) is 2. The van der Waals surface area contributed by atoms with Crippen LogP contribution in [0.2, 0.25) is 5.02 Å². The summed E-state index contributed by atoms with van der Waals surface area (Å²) in [5, 5.41) is 21.9. The van der Waals surface area contributed by atoms with Gasteiger partial charge in [0.05, 0.1) is 17.8 Å². The topological polar surface area (TPSA) is 60.2 Å². The van der Waals surface area contributed by atoms with Crippen molar-refractivity contribution >= 4 is 40.0 Å². The zero-order chi connectivity index (χ0) is 19.1. The normalized spacial score (nSPS) is 14.3. The number of benzene rings is 2. The standard InChI is InChI=1S/C20H15ClFN3OS/c1-11-6-7-12(8-15(11)22)25-9-17(26)18(19(25)23)20-24-16(10-27-20)13-4-2-3-5-14(13)21/h2-8,10,23,26H,9H2,1H3. The van der Waals surface area contributed by atoms with Crippen LogP contribution in [0.3, 0.4) is 0 Å². The molecule has 0 unspecified atom stereocenters. The van der Waals surface area contributed by atoms with E-state index < -0.39 is 0 Å². The molecule has 0 saturated carbocycles. The Hall–Kier alpha value is -2.70. The molecule has 1 aromatic heterocycles. The SMILES string of the molecule is Cc1ccc(N2CC(O)=C(c3nc(-c4ccccc4Cl)cs3)C2=N)cc1F. The summed E-state index contributed by atoms with van der Waals surface area (Å²) in [6.07, 6.45) is 0. The molecule has 0 fully saturated rings. The van der Waals surface area contributed by atoms with Gasteiger partial charge in [0.2, 0.25) is 0 Å². The predicted molar refractivity (Wildman–Crippen MR) is 108 cm³/mol. The number of aryl methyl sites for hydroxylation is 1. The van der Waals surface area contributed by atoms with Gasteiger partial charge in [0.1, 0.15) is 22.4 Å². The quantitative estimate of drug-likeness (QED) is 0.595. The van der Waals surface area contributed by atoms with Crippen LogP contribution in [0.25, 0.3) is 16.8 Å². The summed E-state index contributed by atoms with van der Waals surface area (Å²) in [6.45, 7) is 1.79. The van der Waals surface area contributed by atoms with E-state index in [2.05, 4.69) is 4.98 Å². The fourth-order valence-electron chi connectivity index (χ4n) is 2.96. The lowest BCUT2D eigenvalue weighted by Crippen LogP contribution is -2.26. The van der Waals surface area contributed by atoms with E-state index >= 15 is 0 Å². The monoisotopic (exact) mass is 399 g/mol. The number of rotatable bonds is 3. The summed E-state index contributed by atoms with van der Waals surface area (Å²) in [6, 6.07) is 12.2. The van der Waals surface area contributed by atoms with Crippen LogP contribution in [0, 0.1) is 18.2 Å². The Morgan fingerprint density at radius 3 is 2.78 bits per heavy atom. The molecule has 0 spiro atoms. The van der Waals surface area contributed by atoms with Crippen LogP contribution in [0.1, 0.15) is 10.6 Å². The second-order valence-electron chi connectivity index (χ2n) is 6.21. The van der Waals surface area contributed by atoms with Crippen LogP contribution < -0.4 is 4.90 Å². The Morgan fingerprint density at radius 2 is 2.04 bits per heavy atom. The first-order valence-corrected chi connectivity index (χ1v) is 9.47. The molecule has 1 aliphatic heterocycles. The number of nitrogens with one attached hydrogen (secondary N) is 1. The van der Waals surface area contributed by atoms with Crippen molar-refractivity contribution in [2.24, 2.45) is 0 Å². The van der Waals surface area contributed by atoms with Crippen LogP contribution in [0.5, 0.6) is 0 Å². The van der Waals surface area contributed by atoms with E-state index in [9.17, 15) is 9.50 Å². The van der Waals surface area contributed by atoms with Gasteiger partial charge in [-0.1, -0.05) is 35.9 Å². The lowest BCUT2D eigenvalue weighted by Gasteiger charge is -2.19. The number of amidine groups is 1. The lowest BCUT2D eigenvalue weighted by molar-refractivity contribution is 0.411. The van der Waals surface area contributed by atoms with Gasteiger partial charge in [-0.15, -0.1) is 11.3 Å². The molecule has 2 N–H and O–H groups in total. The molecule has 2 aromatic carbocycles. The molecule has 0 saturated heterocycles. The second-order valence-corrected chi connectivity index (χ2v) is 7.47. The molecular formula is C20H15ClFN3OS. The van der Waals surface area contributed by atoms with Crippen molar-refractivity contribution in [1.82, 2.24) is 4.98 Å². The molecule has 0 amide bonds. The Morgan fingerprint density at radius 1 is 1.26 bits per heavy atom. The minimum atomic E-state index is -0.344. The maximum Gasteiger partial charge on any atom is 0.139 e. The van der Waals surface area contributed by atoms with E-state index in [4.69, 9.17) is 17.0 Å². The third kappa shape index (κ3) is 3.11. The van der Waals surface area contributed by atoms with E-state index in [1.807, 2.05) is 23.6 Å². The number of aliphatic hydroxyl groups is 1. The zero-order valence-electron chi connectivity index (χ0n) is 14.3. The van der Waals surface area contributed by atoms with Crippen molar-refractivity contribution < 1.29 is 9.50 Å². The van der Waals surface area contributed by atoms with Crippen molar-refractivity contribution in [2.75, 3.05) is 11.4 Å². The van der Waals surface area contributed by atoms with Crippen molar-refractivity contribution in [3.8, 4) is 11.3 Å². The summed E-state index contributed by atoms with van der Waals surface area (Å²) >= 11 is 7.56. The first-order chi connectivity index (χ1) is 13.0. The van der Waals surface area contributed by atoms with Crippen LogP contribution in [0.4, 0.5) is 10.1 Å². The highest BCUT2D eigenvalue weighted by Gasteiger charge is 2.31. The third-order valence-electron chi connectivity index (χ3n) is 4.44. The van der Waals surface area contributed by atoms with Gasteiger partial charge in [-0.2, -0.15) is 0 Å². The van der Waals surface area contributed by atoms with Gasteiger partial charge in [0, 0.05) is 21.7 Å². The molecular weight excluding hydrogens is 385 g/mol. The van der Waals surface area contributed by atoms with Gasteiger partial charge in [0.15, 0.2) is 0 Å². The second kappa shape index (κ2) is 6.79. The van der Waals surface area contributed by atoms with Gasteiger partial charge in [-0.05, 0) is 30.7 Å². The zero-order valence-corrected chi connectivity index (χ0v) is 15.9. The van der Waals surface area contributed by atoms with E-state index in [1.165, 1.54) is 17.4 Å². The maximum atomic E-state index is 13.9. The number of nitrogens with zero attached hydrogens (tertiary/aromatic N) is 2. The molecule has 136 valence electrons. The van der Waals surface area contributed by atoms with Crippen LogP contribution in [-0.4, -0.2) is 22.5 Å². The summed E-state index contributed by atoms with van der Waals surface area (Å²) in [4.78, 5) is 6.12. The fraction of sp³-hybridized carbons (Fsp3) is 0.100. The molecule has 7 heteroatoms. The number of aromatic nitrogens is 1. The fourth-order valence-corrected chi connectivity index (χ4v) is 4.07. The Labute approximate surface area is 164 Å². The Balaban J connectivity index is 1.67. The number of hydrogen-bond acceptors (Lipinski definition) is 4. The molecule has 4 nitrogen and oxygen atoms in total. The first-order valence-electron chi connectivity index (χ1n) is 8.21. The number of halogens is 2. The summed E-state index contributed by atoms with van der Waals surface area (Å²) in [5.41, 5.74) is 2.90. The van der Waals surface area contributed by atoms with Crippen molar-refractivity contribution in [1.29, 1.82) is 5.41 Å². The minimum Gasteiger partial charge on any atom is -0.510 e. The lowest BCUT2D eigenvalue weighted by atomic mass is 10.2. The summed E-state index contributed by atoms with van der Waals surface area (Å²) in [7, 11) is 0. The van der Waals surface area contributed by atoms with Gasteiger partial charge in [-0.3, -0.25) is 5.41 Å². The molecule has 0 radical (unpaired) electrons. The molecule has 3 aromatic rings. The maximum absolute atomic E-state index is 13.9. The van der Waals surface area contributed by atoms with E-state index in [0.29, 0.717) is 32.5 Å². The first kappa shape index (κ1) is 17.7. The largest absolute Gasteiger partial charge is 0.510 e. The van der Waals surface area contributed by atoms with Crippen LogP contribution in [0.15, 0.2) is 53.6 Å². The van der Waals surface area contributed by atoms with Gasteiger partial charge in [0.25, 0.3) is 0 Å². The van der Waals surface area contributed by atoms with E-state index in [-0.39, 0.29) is 24.0 Å². The molecule has 0 aliphatic carbocycles. The highest BCUT2D eigenvalue weighted by molar-refractivity contribution is 7.11. The van der Waals surface area contributed by atoms with E-state index in [0.717, 1.165) is 5.56 Å². The van der Waals surface area contributed by atoms with Crippen LogP contribution in [-0.2, 0) is 0 Å². The highest BCUT2D eigenvalue weighted by Crippen LogP contribution is 2.36. The number of aliphatic hydroxyl groups excluding tert-OH is 1. The van der Waals surface area contributed by atoms with Crippen molar-refractivity contribution in [3.05, 3.63) is 75.0 Å². The van der Waals surface area contributed by atoms with Gasteiger partial charge >= 0.3 is 0 Å². The number of anilines is 1. The average Bonchev–Trinajstić information content (AvgIpc) is 3.22. The highest BCUT2D eigenvalue weighted by atomic mass is 35.5. The van der Waals surface area contributed by atoms with E-state index in [1.54, 1.807) is 30.0 Å². The average molecular weight is 400 g/mol. The van der Waals surface area contributed by atoms with Gasteiger partial charge in [-0.25, -0.2) is 9.37 Å².